The van der Waals surface area contributed by atoms with Crippen molar-refractivity contribution in [3.63, 3.8) is 0 Å². The van der Waals surface area contributed by atoms with Gasteiger partial charge in [0.2, 0.25) is 5.78 Å². The number of Topliss-reactive ketones (excluding diaryl/α,β-unsaturated/α-hetero) is 1. The maximum absolute atomic E-state index is 10.4. The average Bonchev–Trinajstić information content (AvgIpc) is 2.12. The van der Waals surface area contributed by atoms with Gasteiger partial charge in [0, 0.05) is 0 Å². The highest BCUT2D eigenvalue weighted by Gasteiger charge is 2.27. The third kappa shape index (κ3) is 0.782. The van der Waals surface area contributed by atoms with Crippen molar-refractivity contribution < 1.29 is 19.4 Å². The molecule has 0 spiro atoms. The maximum atomic E-state index is 10.4. The van der Waals surface area contributed by atoms with Crippen molar-refractivity contribution in [3.8, 4) is 0 Å². The predicted octanol–water partition coefficient (Wildman–Crippen LogP) is -0.446. The summed E-state index contributed by atoms with van der Waals surface area (Å²) in [6, 6.07) is 0. The zero-order chi connectivity index (χ0) is 6.85. The number of aliphatic hydroxyl groups is 1. The largest absolute Gasteiger partial charge is 0.515 e. The number of aliphatic hydroxyl groups excluding tert-OH is 1. The summed E-state index contributed by atoms with van der Waals surface area (Å²) in [4.78, 5) is 20.8. The Morgan fingerprint density at radius 2 is 2.22 bits per heavy atom. The minimum atomic E-state index is -0.748. The van der Waals surface area contributed by atoms with Crippen molar-refractivity contribution in [2.75, 3.05) is 6.61 Å². The molecule has 1 rings (SSSR count). The monoisotopic (exact) mass is 128 g/mol. The van der Waals surface area contributed by atoms with E-state index in [0.29, 0.717) is 6.26 Å². The van der Waals surface area contributed by atoms with Crippen LogP contribution < -0.4 is 0 Å². The van der Waals surface area contributed by atoms with Crippen LogP contribution in [0.1, 0.15) is 0 Å². The Morgan fingerprint density at radius 3 is 2.44 bits per heavy atom. The van der Waals surface area contributed by atoms with E-state index in [1.807, 2.05) is 0 Å². The topological polar surface area (TPSA) is 63.6 Å². The Balaban J connectivity index is 2.91. The van der Waals surface area contributed by atoms with Crippen molar-refractivity contribution in [1.82, 2.24) is 0 Å². The molecule has 1 aliphatic rings. The molecule has 1 heterocycles. The molecule has 0 aliphatic carbocycles. The lowest BCUT2D eigenvalue weighted by Gasteiger charge is -1.82. The van der Waals surface area contributed by atoms with Gasteiger partial charge in [-0.3, -0.25) is 4.79 Å². The molecule has 48 valence electrons. The molecule has 0 bridgehead atoms. The van der Waals surface area contributed by atoms with Gasteiger partial charge in [0.05, 0.1) is 6.26 Å². The summed E-state index contributed by atoms with van der Waals surface area (Å²) in [5.74, 6) is -1.22. The molecular formula is C5H4O4. The highest BCUT2D eigenvalue weighted by atomic mass is 16.5. The first-order valence-electron chi connectivity index (χ1n) is 2.30. The molecule has 1 fully saturated rings. The molecule has 0 atom stereocenters. The van der Waals surface area contributed by atoms with Crippen LogP contribution in [0.3, 0.4) is 0 Å². The van der Waals surface area contributed by atoms with Crippen molar-refractivity contribution >= 4 is 11.8 Å². The fraction of sp³-hybridized carbons (Fsp3) is 0.200. The number of rotatable bonds is 0. The number of hydrogen-bond acceptors (Lipinski definition) is 4. The molecule has 1 N–H and O–H groups in total. The molecule has 4 heteroatoms. The highest BCUT2D eigenvalue weighted by molar-refractivity contribution is 6.21. The van der Waals surface area contributed by atoms with Crippen LogP contribution >= 0.6 is 0 Å². The van der Waals surface area contributed by atoms with Crippen LogP contribution in [0.5, 0.6) is 0 Å². The van der Waals surface area contributed by atoms with E-state index in [9.17, 15) is 9.59 Å². The van der Waals surface area contributed by atoms with E-state index in [1.165, 1.54) is 0 Å². The van der Waals surface area contributed by atoms with E-state index in [2.05, 4.69) is 4.74 Å². The predicted molar refractivity (Wildman–Crippen MR) is 26.7 cm³/mol. The smallest absolute Gasteiger partial charge is 0.345 e. The van der Waals surface area contributed by atoms with Crippen molar-refractivity contribution in [2.45, 2.75) is 0 Å². The quantitative estimate of drug-likeness (QED) is 0.208. The van der Waals surface area contributed by atoms with Gasteiger partial charge in [-0.2, -0.15) is 0 Å². The van der Waals surface area contributed by atoms with Gasteiger partial charge in [0.1, 0.15) is 5.57 Å². The fourth-order valence-corrected chi connectivity index (χ4v) is 0.525. The zero-order valence-electron chi connectivity index (χ0n) is 4.46. The van der Waals surface area contributed by atoms with Gasteiger partial charge in [-0.05, 0) is 0 Å². The van der Waals surface area contributed by atoms with Crippen molar-refractivity contribution in [1.29, 1.82) is 0 Å². The average molecular weight is 128 g/mol. The van der Waals surface area contributed by atoms with Gasteiger partial charge < -0.3 is 9.84 Å². The summed E-state index contributed by atoms with van der Waals surface area (Å²) >= 11 is 0. The molecule has 1 saturated heterocycles. The van der Waals surface area contributed by atoms with Crippen LogP contribution in [0, 0.1) is 0 Å². The second kappa shape index (κ2) is 1.89. The number of carbonyl (C=O) groups is 2. The third-order valence-electron chi connectivity index (χ3n) is 0.984. The van der Waals surface area contributed by atoms with Gasteiger partial charge >= 0.3 is 5.97 Å². The van der Waals surface area contributed by atoms with Crippen LogP contribution in [0.4, 0.5) is 0 Å². The molecule has 0 aromatic heterocycles. The maximum Gasteiger partial charge on any atom is 0.345 e. The Morgan fingerprint density at radius 1 is 1.56 bits per heavy atom. The lowest BCUT2D eigenvalue weighted by molar-refractivity contribution is -0.135. The number of hydrogen-bond donors (Lipinski definition) is 1. The standard InChI is InChI=1S/C5H4O4/c6-1-3-4(7)2-9-5(3)8/h1,6H,2H2/b3-1-. The first-order chi connectivity index (χ1) is 4.25. The summed E-state index contributed by atoms with van der Waals surface area (Å²) in [7, 11) is 0. The lowest BCUT2D eigenvalue weighted by atomic mass is 10.2. The Kier molecular flexibility index (Phi) is 1.22. The molecule has 0 aromatic rings. The van der Waals surface area contributed by atoms with Crippen LogP contribution in [0.25, 0.3) is 0 Å². The summed E-state index contributed by atoms with van der Waals surface area (Å²) in [6.07, 6.45) is 0.470. The van der Waals surface area contributed by atoms with Gasteiger partial charge in [0.25, 0.3) is 0 Å². The highest BCUT2D eigenvalue weighted by Crippen LogP contribution is 2.06. The minimum Gasteiger partial charge on any atom is -0.515 e. The van der Waals surface area contributed by atoms with Gasteiger partial charge in [-0.1, -0.05) is 0 Å². The molecule has 1 aliphatic heterocycles. The number of ether oxygens (including phenoxy) is 1. The summed E-state index contributed by atoms with van der Waals surface area (Å²) in [6.45, 7) is -0.245. The van der Waals surface area contributed by atoms with E-state index >= 15 is 0 Å². The number of esters is 1. The van der Waals surface area contributed by atoms with Crippen LogP contribution in [0.15, 0.2) is 11.8 Å². The van der Waals surface area contributed by atoms with Gasteiger partial charge in [-0.15, -0.1) is 0 Å². The van der Waals surface area contributed by atoms with E-state index in [1.54, 1.807) is 0 Å². The summed E-state index contributed by atoms with van der Waals surface area (Å²) < 4.78 is 4.25. The molecular weight excluding hydrogens is 124 g/mol. The molecule has 4 nitrogen and oxygen atoms in total. The Bertz CT molecular complexity index is 173. The SMILES string of the molecule is O=C1COC(=O)/C1=C\O. The minimum absolute atomic E-state index is 0.245. The first-order valence-corrected chi connectivity index (χ1v) is 2.30. The Hall–Kier alpha value is -1.32. The van der Waals surface area contributed by atoms with E-state index < -0.39 is 11.8 Å². The first kappa shape index (κ1) is 5.81. The molecule has 0 amide bonds. The molecule has 0 unspecified atom stereocenters. The normalized spacial score (nSPS) is 22.9. The van der Waals surface area contributed by atoms with Crippen LogP contribution in [-0.4, -0.2) is 23.5 Å². The van der Waals surface area contributed by atoms with E-state index in [-0.39, 0.29) is 12.2 Å². The third-order valence-corrected chi connectivity index (χ3v) is 0.984. The van der Waals surface area contributed by atoms with Gasteiger partial charge in [0.15, 0.2) is 6.61 Å². The molecule has 0 radical (unpaired) electrons. The zero-order valence-corrected chi connectivity index (χ0v) is 4.46. The molecule has 9 heavy (non-hydrogen) atoms. The fourth-order valence-electron chi connectivity index (χ4n) is 0.525. The summed E-state index contributed by atoms with van der Waals surface area (Å²) in [5, 5.41) is 8.22. The number of carbonyl (C=O) groups excluding carboxylic acids is 2. The van der Waals surface area contributed by atoms with Crippen molar-refractivity contribution in [3.05, 3.63) is 11.8 Å². The Labute approximate surface area is 50.7 Å². The van der Waals surface area contributed by atoms with Crippen LogP contribution in [0.2, 0.25) is 0 Å². The number of ketones is 1. The van der Waals surface area contributed by atoms with Crippen LogP contribution in [-0.2, 0) is 14.3 Å². The van der Waals surface area contributed by atoms with E-state index in [4.69, 9.17) is 5.11 Å². The lowest BCUT2D eigenvalue weighted by Crippen LogP contribution is -1.99. The van der Waals surface area contributed by atoms with Crippen molar-refractivity contribution in [2.24, 2.45) is 0 Å². The van der Waals surface area contributed by atoms with E-state index in [0.717, 1.165) is 0 Å². The molecule has 0 saturated carbocycles. The number of cyclic esters (lactones) is 1. The van der Waals surface area contributed by atoms with Gasteiger partial charge in [-0.25, -0.2) is 4.79 Å². The second-order valence-corrected chi connectivity index (χ2v) is 1.54. The summed E-state index contributed by atoms with van der Waals surface area (Å²) in [5.41, 5.74) is -0.269. The molecule has 0 aromatic carbocycles. The second-order valence-electron chi connectivity index (χ2n) is 1.54.